The maximum absolute atomic E-state index is 12.0. The summed E-state index contributed by atoms with van der Waals surface area (Å²) in [6, 6.07) is 10.5. The van der Waals surface area contributed by atoms with Gasteiger partial charge >= 0.3 is 5.97 Å². The van der Waals surface area contributed by atoms with Gasteiger partial charge in [0.15, 0.2) is 5.69 Å². The lowest BCUT2D eigenvalue weighted by molar-refractivity contribution is 0.0593. The molecule has 1 aromatic carbocycles. The maximum atomic E-state index is 12.0. The summed E-state index contributed by atoms with van der Waals surface area (Å²) in [5, 5.41) is 0. The number of hydrogen-bond donors (Lipinski definition) is 0. The summed E-state index contributed by atoms with van der Waals surface area (Å²) in [6.07, 6.45) is 2.65. The van der Waals surface area contributed by atoms with E-state index in [0.717, 1.165) is 30.3 Å². The van der Waals surface area contributed by atoms with Gasteiger partial charge in [-0.2, -0.15) is 0 Å². The van der Waals surface area contributed by atoms with E-state index in [2.05, 4.69) is 53.6 Å². The van der Waals surface area contributed by atoms with Crippen molar-refractivity contribution in [3.05, 3.63) is 35.7 Å². The Morgan fingerprint density at radius 3 is 2.79 bits per heavy atom. The van der Waals surface area contributed by atoms with Gasteiger partial charge in [-0.1, -0.05) is 25.6 Å². The van der Waals surface area contributed by atoms with Crippen LogP contribution < -0.4 is 4.90 Å². The highest BCUT2D eigenvalue weighted by atomic mass is 28.3. The quantitative estimate of drug-likeness (QED) is 0.298. The Morgan fingerprint density at radius 2 is 2.10 bits per heavy atom. The summed E-state index contributed by atoms with van der Waals surface area (Å²) in [6.45, 7) is 10.8. The minimum atomic E-state index is -1.16. The molecule has 1 aliphatic rings. The highest BCUT2D eigenvalue weighted by Crippen LogP contribution is 2.32. The topological polar surface area (TPSA) is 56.6 Å². The van der Waals surface area contributed by atoms with Gasteiger partial charge in [0.2, 0.25) is 0 Å². The Balaban J connectivity index is 1.86. The van der Waals surface area contributed by atoms with Crippen LogP contribution in [0.25, 0.3) is 11.4 Å². The van der Waals surface area contributed by atoms with Crippen LogP contribution in [0.1, 0.15) is 23.0 Å². The molecular formula is C22H29N3O3Si. The first-order valence-corrected chi connectivity index (χ1v) is 13.6. The summed E-state index contributed by atoms with van der Waals surface area (Å²) in [5.41, 5.74) is 3.62. The summed E-state index contributed by atoms with van der Waals surface area (Å²) in [7, 11) is 0.209. The van der Waals surface area contributed by atoms with E-state index in [9.17, 15) is 4.79 Å². The predicted molar refractivity (Wildman–Crippen MR) is 118 cm³/mol. The molecular weight excluding hydrogens is 382 g/mol. The number of benzene rings is 1. The van der Waals surface area contributed by atoms with E-state index in [1.165, 1.54) is 12.7 Å². The first-order chi connectivity index (χ1) is 13.8. The Labute approximate surface area is 173 Å². The third-order valence-electron chi connectivity index (χ3n) is 4.88. The SMILES string of the molecule is CC#CN1CCc2cc(-c3nc(C(=O)OC)cn3COCC[Si](C)(C)C)ccc21. The van der Waals surface area contributed by atoms with Crippen LogP contribution >= 0.6 is 0 Å². The van der Waals surface area contributed by atoms with Crippen molar-refractivity contribution in [1.29, 1.82) is 0 Å². The van der Waals surface area contributed by atoms with Crippen LogP contribution in [0.2, 0.25) is 25.7 Å². The molecule has 0 saturated carbocycles. The predicted octanol–water partition coefficient (Wildman–Crippen LogP) is 3.99. The smallest absolute Gasteiger partial charge is 0.358 e. The number of aromatic nitrogens is 2. The minimum absolute atomic E-state index is 0.287. The molecule has 0 saturated heterocycles. The highest BCUT2D eigenvalue weighted by Gasteiger charge is 2.21. The lowest BCUT2D eigenvalue weighted by Gasteiger charge is -2.16. The molecule has 0 bridgehead atoms. The molecule has 6 nitrogen and oxygen atoms in total. The second kappa shape index (κ2) is 8.85. The average Bonchev–Trinajstić information content (AvgIpc) is 3.28. The van der Waals surface area contributed by atoms with Crippen molar-refractivity contribution >= 4 is 19.7 Å². The zero-order chi connectivity index (χ0) is 21.0. The summed E-state index contributed by atoms with van der Waals surface area (Å²) >= 11 is 0. The van der Waals surface area contributed by atoms with Crippen molar-refractivity contribution in [3.8, 4) is 23.4 Å². The van der Waals surface area contributed by atoms with Gasteiger partial charge in [-0.25, -0.2) is 9.78 Å². The van der Waals surface area contributed by atoms with Crippen LogP contribution in [0, 0.1) is 12.0 Å². The van der Waals surface area contributed by atoms with Crippen molar-refractivity contribution < 1.29 is 14.3 Å². The number of methoxy groups -OCH3 is 1. The molecule has 0 N–H and O–H groups in total. The van der Waals surface area contributed by atoms with Crippen molar-refractivity contribution in [1.82, 2.24) is 9.55 Å². The van der Waals surface area contributed by atoms with E-state index < -0.39 is 14.0 Å². The molecule has 1 aliphatic heterocycles. The van der Waals surface area contributed by atoms with Gasteiger partial charge in [-0.05, 0) is 43.2 Å². The van der Waals surface area contributed by atoms with Gasteiger partial charge in [-0.15, -0.1) is 0 Å². The molecule has 2 heterocycles. The lowest BCUT2D eigenvalue weighted by atomic mass is 10.1. The molecule has 0 fully saturated rings. The number of rotatable bonds is 7. The van der Waals surface area contributed by atoms with Crippen LogP contribution in [0.3, 0.4) is 0 Å². The Hall–Kier alpha value is -2.56. The molecule has 0 spiro atoms. The van der Waals surface area contributed by atoms with E-state index in [1.807, 2.05) is 17.6 Å². The molecule has 0 radical (unpaired) electrons. The Bertz CT molecular complexity index is 950. The fourth-order valence-electron chi connectivity index (χ4n) is 3.28. The molecule has 0 amide bonds. The normalized spacial score (nSPS) is 13.1. The number of nitrogens with zero attached hydrogens (tertiary/aromatic N) is 3. The summed E-state index contributed by atoms with van der Waals surface area (Å²) in [5.74, 6) is 3.22. The number of fused-ring (bicyclic) bond motifs is 1. The second-order valence-electron chi connectivity index (χ2n) is 8.37. The second-order valence-corrected chi connectivity index (χ2v) is 14.0. The average molecular weight is 412 g/mol. The van der Waals surface area contributed by atoms with E-state index in [0.29, 0.717) is 19.2 Å². The van der Waals surface area contributed by atoms with Crippen molar-refractivity contribution in [2.24, 2.45) is 0 Å². The van der Waals surface area contributed by atoms with Crippen molar-refractivity contribution in [2.45, 2.75) is 45.8 Å². The Kier molecular flexibility index (Phi) is 6.45. The number of imidazole rings is 1. The summed E-state index contributed by atoms with van der Waals surface area (Å²) < 4.78 is 12.6. The zero-order valence-corrected chi connectivity index (χ0v) is 18.9. The van der Waals surface area contributed by atoms with Gasteiger partial charge < -0.3 is 18.9 Å². The fraction of sp³-hybridized carbons (Fsp3) is 0.455. The molecule has 1 aromatic heterocycles. The molecule has 29 heavy (non-hydrogen) atoms. The van der Waals surface area contributed by atoms with Crippen LogP contribution in [0.5, 0.6) is 0 Å². The maximum Gasteiger partial charge on any atom is 0.358 e. The van der Waals surface area contributed by atoms with Crippen molar-refractivity contribution in [3.63, 3.8) is 0 Å². The lowest BCUT2D eigenvalue weighted by Crippen LogP contribution is -2.22. The molecule has 2 aromatic rings. The number of anilines is 1. The number of carbonyl (C=O) groups is 1. The monoisotopic (exact) mass is 411 g/mol. The van der Waals surface area contributed by atoms with E-state index >= 15 is 0 Å². The number of esters is 1. The van der Waals surface area contributed by atoms with Crippen LogP contribution in [-0.2, 0) is 22.6 Å². The molecule has 0 aliphatic carbocycles. The highest BCUT2D eigenvalue weighted by molar-refractivity contribution is 6.76. The number of hydrogen-bond acceptors (Lipinski definition) is 5. The van der Waals surface area contributed by atoms with Crippen LogP contribution in [0.15, 0.2) is 24.4 Å². The van der Waals surface area contributed by atoms with Crippen LogP contribution in [0.4, 0.5) is 5.69 Å². The van der Waals surface area contributed by atoms with E-state index in [1.54, 1.807) is 6.20 Å². The van der Waals surface area contributed by atoms with Gasteiger partial charge in [0.05, 0.1) is 12.8 Å². The molecule has 154 valence electrons. The van der Waals surface area contributed by atoms with Crippen molar-refractivity contribution in [2.75, 3.05) is 25.2 Å². The first-order valence-electron chi connectivity index (χ1n) is 9.89. The molecule has 0 unspecified atom stereocenters. The summed E-state index contributed by atoms with van der Waals surface area (Å²) in [4.78, 5) is 18.6. The van der Waals surface area contributed by atoms with Gasteiger partial charge in [-0.3, -0.25) is 0 Å². The third-order valence-corrected chi connectivity index (χ3v) is 6.58. The third kappa shape index (κ3) is 5.08. The number of carbonyl (C=O) groups excluding carboxylic acids is 1. The van der Waals surface area contributed by atoms with Crippen LogP contribution in [-0.4, -0.2) is 43.9 Å². The first kappa shape index (κ1) is 21.2. The number of ether oxygens (including phenoxy) is 2. The molecule has 0 atom stereocenters. The zero-order valence-electron chi connectivity index (χ0n) is 17.9. The largest absolute Gasteiger partial charge is 0.464 e. The van der Waals surface area contributed by atoms with E-state index in [-0.39, 0.29) is 5.69 Å². The van der Waals surface area contributed by atoms with Gasteiger partial charge in [0.1, 0.15) is 12.6 Å². The Morgan fingerprint density at radius 1 is 1.31 bits per heavy atom. The molecule has 7 heteroatoms. The van der Waals surface area contributed by atoms with E-state index in [4.69, 9.17) is 9.47 Å². The molecule has 3 rings (SSSR count). The fourth-order valence-corrected chi connectivity index (χ4v) is 4.04. The minimum Gasteiger partial charge on any atom is -0.464 e. The standard InChI is InChI=1S/C22H29N3O3Si/c1-6-10-24-11-9-17-14-18(7-8-20(17)24)21-23-19(22(26)27-2)15-25(21)16-28-12-13-29(3,4)5/h7-8,14-15H,9,11-13,16H2,1-5H3. The van der Waals surface area contributed by atoms with Gasteiger partial charge in [0.25, 0.3) is 0 Å². The van der Waals surface area contributed by atoms with Gasteiger partial charge in [0, 0.05) is 39.0 Å².